The summed E-state index contributed by atoms with van der Waals surface area (Å²) in [6.45, 7) is 0. The second kappa shape index (κ2) is 6.69. The van der Waals surface area contributed by atoms with Gasteiger partial charge in [0.05, 0.1) is 22.0 Å². The van der Waals surface area contributed by atoms with Crippen LogP contribution in [0.15, 0.2) is 41.3 Å². The summed E-state index contributed by atoms with van der Waals surface area (Å²) in [5.41, 5.74) is 5.55. The topological polar surface area (TPSA) is 170 Å². The number of amides is 1. The predicted molar refractivity (Wildman–Crippen MR) is 91.6 cm³/mol. The summed E-state index contributed by atoms with van der Waals surface area (Å²) in [6.07, 6.45) is 0. The number of hydrazine groups is 1. The number of carbonyl (C=O) groups is 2. The number of nitrogen functional groups attached to an aromatic ring is 1. The number of sulfonamides is 1. The fourth-order valence-corrected chi connectivity index (χ4v) is 3.08. The predicted octanol–water partition coefficient (Wildman–Crippen LogP) is 0.788. The third kappa shape index (κ3) is 3.88. The zero-order chi connectivity index (χ0) is 18.9. The van der Waals surface area contributed by atoms with Crippen molar-refractivity contribution in [3.8, 4) is 0 Å². The molecule has 0 heterocycles. The van der Waals surface area contributed by atoms with Crippen LogP contribution < -0.4 is 21.7 Å². The van der Waals surface area contributed by atoms with Crippen LogP contribution in [-0.2, 0) is 10.0 Å². The van der Waals surface area contributed by atoms with Gasteiger partial charge in [0, 0.05) is 5.56 Å². The number of hydrogen-bond donors (Lipinski definition) is 4. The van der Waals surface area contributed by atoms with Crippen molar-refractivity contribution in [2.45, 2.75) is 4.90 Å². The molecule has 9 nitrogen and oxygen atoms in total. The zero-order valence-corrected chi connectivity index (χ0v) is 14.1. The third-order valence-corrected chi connectivity index (χ3v) is 4.63. The highest BCUT2D eigenvalue weighted by molar-refractivity contribution is 7.89. The molecule has 2 aromatic carbocycles. The van der Waals surface area contributed by atoms with Crippen LogP contribution in [0.3, 0.4) is 0 Å². The molecule has 7 N–H and O–H groups in total. The van der Waals surface area contributed by atoms with Crippen molar-refractivity contribution in [2.75, 3.05) is 10.7 Å². The lowest BCUT2D eigenvalue weighted by Gasteiger charge is -2.19. The maximum absolute atomic E-state index is 12.5. The summed E-state index contributed by atoms with van der Waals surface area (Å²) in [6, 6.07) is 7.07. The van der Waals surface area contributed by atoms with E-state index in [1.807, 2.05) is 0 Å². The Bertz CT molecular complexity index is 977. The molecule has 1 amide bonds. The quantitative estimate of drug-likeness (QED) is 0.261. The highest BCUT2D eigenvalue weighted by Crippen LogP contribution is 2.26. The van der Waals surface area contributed by atoms with Crippen LogP contribution in [0.5, 0.6) is 0 Å². The summed E-state index contributed by atoms with van der Waals surface area (Å²) in [5.74, 6) is 3.75. The molecular weight excluding hydrogens is 372 g/mol. The van der Waals surface area contributed by atoms with Crippen molar-refractivity contribution >= 4 is 44.9 Å². The Hall–Kier alpha value is -2.66. The van der Waals surface area contributed by atoms with E-state index in [9.17, 15) is 18.0 Å². The molecule has 11 heteroatoms. The first-order chi connectivity index (χ1) is 11.5. The molecule has 0 fully saturated rings. The van der Waals surface area contributed by atoms with Crippen LogP contribution in [0.1, 0.15) is 20.7 Å². The monoisotopic (exact) mass is 384 g/mol. The van der Waals surface area contributed by atoms with Gasteiger partial charge in [0.15, 0.2) is 0 Å². The number of carboxylic acids is 1. The number of aromatic carboxylic acids is 1. The van der Waals surface area contributed by atoms with E-state index in [0.29, 0.717) is 5.01 Å². The Kier molecular flexibility index (Phi) is 4.99. The van der Waals surface area contributed by atoms with E-state index in [1.54, 1.807) is 0 Å². The van der Waals surface area contributed by atoms with Crippen LogP contribution in [0.25, 0.3) is 0 Å². The van der Waals surface area contributed by atoms with E-state index in [1.165, 1.54) is 24.3 Å². The van der Waals surface area contributed by atoms with Crippen LogP contribution in [0.4, 0.5) is 11.4 Å². The van der Waals surface area contributed by atoms with Gasteiger partial charge in [-0.25, -0.2) is 29.2 Å². The fraction of sp³-hybridized carbons (Fsp3) is 0. The number of rotatable bonds is 4. The van der Waals surface area contributed by atoms with Crippen molar-refractivity contribution < 1.29 is 23.1 Å². The van der Waals surface area contributed by atoms with Gasteiger partial charge in [-0.05, 0) is 36.4 Å². The van der Waals surface area contributed by atoms with Crippen molar-refractivity contribution in [3.05, 3.63) is 52.5 Å². The van der Waals surface area contributed by atoms with Gasteiger partial charge in [-0.2, -0.15) is 0 Å². The minimum absolute atomic E-state index is 0.0436. The van der Waals surface area contributed by atoms with E-state index in [4.69, 9.17) is 33.4 Å². The number of carbonyl (C=O) groups excluding carboxylic acids is 1. The number of carboxylic acid groups (broad SMARTS) is 1. The number of nitrogens with two attached hydrogens (primary N) is 3. The molecular formula is C14H13ClN4O5S. The zero-order valence-electron chi connectivity index (χ0n) is 12.5. The van der Waals surface area contributed by atoms with Crippen LogP contribution >= 0.6 is 11.6 Å². The van der Waals surface area contributed by atoms with E-state index >= 15 is 0 Å². The molecule has 0 saturated heterocycles. The maximum atomic E-state index is 12.5. The van der Waals surface area contributed by atoms with Gasteiger partial charge in [0.1, 0.15) is 4.90 Å². The average Bonchev–Trinajstić information content (AvgIpc) is 2.52. The van der Waals surface area contributed by atoms with Gasteiger partial charge in [-0.1, -0.05) is 11.6 Å². The highest BCUT2D eigenvalue weighted by Gasteiger charge is 2.21. The fourth-order valence-electron chi connectivity index (χ4n) is 2.01. The smallest absolute Gasteiger partial charge is 0.335 e. The molecule has 0 bridgehead atoms. The first-order valence-electron chi connectivity index (χ1n) is 6.56. The Morgan fingerprint density at radius 1 is 1.08 bits per heavy atom. The van der Waals surface area contributed by atoms with Gasteiger partial charge in [0.2, 0.25) is 10.0 Å². The third-order valence-electron chi connectivity index (χ3n) is 3.24. The summed E-state index contributed by atoms with van der Waals surface area (Å²) < 4.78 is 23.0. The molecule has 0 atom stereocenters. The van der Waals surface area contributed by atoms with E-state index in [-0.39, 0.29) is 27.5 Å². The largest absolute Gasteiger partial charge is 0.478 e. The number of hydrogen-bond acceptors (Lipinski definition) is 6. The molecule has 0 aliphatic heterocycles. The summed E-state index contributed by atoms with van der Waals surface area (Å²) in [4.78, 5) is 22.9. The molecule has 2 aromatic rings. The van der Waals surface area contributed by atoms with Gasteiger partial charge in [-0.15, -0.1) is 0 Å². The highest BCUT2D eigenvalue weighted by atomic mass is 35.5. The first-order valence-corrected chi connectivity index (χ1v) is 8.49. The minimum atomic E-state index is -4.14. The van der Waals surface area contributed by atoms with E-state index < -0.39 is 26.8 Å². The average molecular weight is 385 g/mol. The van der Waals surface area contributed by atoms with Crippen molar-refractivity contribution in [2.24, 2.45) is 11.0 Å². The number of benzene rings is 2. The van der Waals surface area contributed by atoms with Crippen LogP contribution in [-0.4, -0.2) is 25.4 Å². The molecule has 132 valence electrons. The van der Waals surface area contributed by atoms with Crippen molar-refractivity contribution in [1.29, 1.82) is 0 Å². The molecule has 0 aliphatic carbocycles. The van der Waals surface area contributed by atoms with Crippen molar-refractivity contribution in [1.82, 2.24) is 0 Å². The van der Waals surface area contributed by atoms with E-state index in [0.717, 1.165) is 12.1 Å². The Balaban J connectivity index is 2.43. The summed E-state index contributed by atoms with van der Waals surface area (Å²) in [5, 5.41) is 14.5. The number of halogens is 1. The van der Waals surface area contributed by atoms with Gasteiger partial charge in [-0.3, -0.25) is 4.79 Å². The first kappa shape index (κ1) is 18.7. The molecule has 0 aliphatic rings. The molecule has 0 aromatic heterocycles. The van der Waals surface area contributed by atoms with Gasteiger partial charge >= 0.3 is 5.97 Å². The standard InChI is InChI=1S/C14H13ClN4O5S/c15-9-3-1-7(6-12(9)25(18,23)24)13(20)19(17)11-4-2-8(14(21)22)5-10(11)16/h1-6H,16-17H2,(H,21,22)(H2,18,23,24). The summed E-state index contributed by atoms with van der Waals surface area (Å²) in [7, 11) is -4.14. The molecule has 0 radical (unpaired) electrons. The van der Waals surface area contributed by atoms with Gasteiger partial charge in [0.25, 0.3) is 5.91 Å². The van der Waals surface area contributed by atoms with Crippen molar-refractivity contribution in [3.63, 3.8) is 0 Å². The lowest BCUT2D eigenvalue weighted by molar-refractivity contribution is 0.0696. The Labute approximate surface area is 147 Å². The lowest BCUT2D eigenvalue weighted by Crippen LogP contribution is -2.38. The van der Waals surface area contributed by atoms with Crippen LogP contribution in [0, 0.1) is 0 Å². The molecule has 2 rings (SSSR count). The Morgan fingerprint density at radius 2 is 1.68 bits per heavy atom. The minimum Gasteiger partial charge on any atom is -0.478 e. The van der Waals surface area contributed by atoms with E-state index in [2.05, 4.69) is 0 Å². The second-order valence-electron chi connectivity index (χ2n) is 4.94. The molecule has 0 saturated carbocycles. The Morgan fingerprint density at radius 3 is 2.20 bits per heavy atom. The number of anilines is 2. The second-order valence-corrected chi connectivity index (χ2v) is 6.88. The molecule has 0 unspecified atom stereocenters. The number of primary sulfonamides is 1. The summed E-state index contributed by atoms with van der Waals surface area (Å²) >= 11 is 5.76. The van der Waals surface area contributed by atoms with Gasteiger partial charge < -0.3 is 10.8 Å². The lowest BCUT2D eigenvalue weighted by atomic mass is 10.1. The number of nitrogens with zero attached hydrogens (tertiary/aromatic N) is 1. The van der Waals surface area contributed by atoms with Crippen LogP contribution in [0.2, 0.25) is 5.02 Å². The molecule has 0 spiro atoms. The SMILES string of the molecule is Nc1cc(C(=O)O)ccc1N(N)C(=O)c1ccc(Cl)c(S(N)(=O)=O)c1. The maximum Gasteiger partial charge on any atom is 0.335 e. The molecule has 25 heavy (non-hydrogen) atoms. The normalized spacial score (nSPS) is 11.2.